The third-order valence-corrected chi connectivity index (χ3v) is 4.75. The van der Waals surface area contributed by atoms with Crippen LogP contribution < -0.4 is 14.8 Å². The van der Waals surface area contributed by atoms with Crippen LogP contribution in [0.1, 0.15) is 20.8 Å². The highest BCUT2D eigenvalue weighted by molar-refractivity contribution is 7.12. The van der Waals surface area contributed by atoms with Gasteiger partial charge in [0.15, 0.2) is 11.5 Å². The minimum absolute atomic E-state index is 0.276. The second kappa shape index (κ2) is 8.01. The van der Waals surface area contributed by atoms with Crippen LogP contribution in [0.5, 0.6) is 11.5 Å². The predicted octanol–water partition coefficient (Wildman–Crippen LogP) is 5.04. The van der Waals surface area contributed by atoms with E-state index in [1.54, 1.807) is 32.2 Å². The molecule has 0 unspecified atom stereocenters. The fourth-order valence-electron chi connectivity index (χ4n) is 2.33. The summed E-state index contributed by atoms with van der Waals surface area (Å²) in [4.78, 5) is 12.8. The Bertz CT molecular complexity index is 923. The maximum Gasteiger partial charge on any atom is 0.265 e. The first-order valence-corrected chi connectivity index (χ1v) is 8.85. The third kappa shape index (κ3) is 4.21. The van der Waals surface area contributed by atoms with E-state index < -0.39 is 0 Å². The molecule has 0 spiro atoms. The van der Waals surface area contributed by atoms with Crippen molar-refractivity contribution in [1.82, 2.24) is 0 Å². The number of hydrogen-bond acceptors (Lipinski definition) is 4. The van der Waals surface area contributed by atoms with Crippen molar-refractivity contribution in [2.75, 3.05) is 12.4 Å². The Morgan fingerprint density at radius 3 is 2.65 bits per heavy atom. The van der Waals surface area contributed by atoms with E-state index in [2.05, 4.69) is 5.32 Å². The number of methoxy groups -OCH3 is 1. The van der Waals surface area contributed by atoms with Crippen molar-refractivity contribution in [2.24, 2.45) is 0 Å². The van der Waals surface area contributed by atoms with E-state index in [1.165, 1.54) is 17.4 Å². The molecule has 3 rings (SSSR count). The van der Waals surface area contributed by atoms with Crippen molar-refractivity contribution in [2.45, 2.75) is 13.5 Å². The molecule has 0 aliphatic rings. The van der Waals surface area contributed by atoms with Crippen LogP contribution in [0.2, 0.25) is 0 Å². The zero-order valence-electron chi connectivity index (χ0n) is 14.4. The van der Waals surface area contributed by atoms with Crippen molar-refractivity contribution in [1.29, 1.82) is 0 Å². The van der Waals surface area contributed by atoms with Crippen LogP contribution in [0.25, 0.3) is 0 Å². The van der Waals surface area contributed by atoms with Gasteiger partial charge in [0, 0.05) is 11.3 Å². The van der Waals surface area contributed by atoms with E-state index >= 15 is 0 Å². The van der Waals surface area contributed by atoms with E-state index in [1.807, 2.05) is 29.6 Å². The molecule has 4 nitrogen and oxygen atoms in total. The minimum Gasteiger partial charge on any atom is -0.493 e. The van der Waals surface area contributed by atoms with Crippen LogP contribution in [0.3, 0.4) is 0 Å². The van der Waals surface area contributed by atoms with Gasteiger partial charge in [0.2, 0.25) is 0 Å². The summed E-state index contributed by atoms with van der Waals surface area (Å²) >= 11 is 1.31. The first kappa shape index (κ1) is 17.9. The molecule has 26 heavy (non-hydrogen) atoms. The van der Waals surface area contributed by atoms with E-state index in [0.29, 0.717) is 34.2 Å². The molecule has 0 saturated heterocycles. The average Bonchev–Trinajstić information content (AvgIpc) is 3.12. The number of carbonyl (C=O) groups is 1. The third-order valence-electron chi connectivity index (χ3n) is 3.77. The highest BCUT2D eigenvalue weighted by Crippen LogP contribution is 2.27. The van der Waals surface area contributed by atoms with E-state index in [9.17, 15) is 9.18 Å². The number of anilines is 1. The molecule has 0 fully saturated rings. The van der Waals surface area contributed by atoms with E-state index in [-0.39, 0.29) is 11.7 Å². The van der Waals surface area contributed by atoms with Crippen LogP contribution in [-0.4, -0.2) is 13.0 Å². The monoisotopic (exact) mass is 371 g/mol. The minimum atomic E-state index is -0.347. The van der Waals surface area contributed by atoms with E-state index in [4.69, 9.17) is 9.47 Å². The molecule has 1 aromatic heterocycles. The summed E-state index contributed by atoms with van der Waals surface area (Å²) in [6.45, 7) is 2.00. The Kier molecular flexibility index (Phi) is 5.53. The average molecular weight is 371 g/mol. The smallest absolute Gasteiger partial charge is 0.265 e. The Labute approximate surface area is 155 Å². The quantitative estimate of drug-likeness (QED) is 0.661. The van der Waals surface area contributed by atoms with Gasteiger partial charge in [0.25, 0.3) is 5.91 Å². The second-order valence-corrected chi connectivity index (χ2v) is 6.59. The summed E-state index contributed by atoms with van der Waals surface area (Å²) in [7, 11) is 1.59. The number of halogens is 1. The molecule has 6 heteroatoms. The van der Waals surface area contributed by atoms with Crippen molar-refractivity contribution < 1.29 is 18.7 Å². The molecule has 0 saturated carbocycles. The normalized spacial score (nSPS) is 10.4. The molecule has 3 aromatic rings. The lowest BCUT2D eigenvalue weighted by atomic mass is 10.2. The maximum atomic E-state index is 13.6. The molecule has 2 aromatic carbocycles. The van der Waals surface area contributed by atoms with Crippen molar-refractivity contribution in [3.05, 3.63) is 75.7 Å². The summed E-state index contributed by atoms with van der Waals surface area (Å²) in [6.07, 6.45) is 0. The van der Waals surface area contributed by atoms with Crippen molar-refractivity contribution >= 4 is 22.9 Å². The van der Waals surface area contributed by atoms with Crippen molar-refractivity contribution in [3.63, 3.8) is 0 Å². The lowest BCUT2D eigenvalue weighted by molar-refractivity contribution is 0.103. The molecule has 1 N–H and O–H groups in total. The Morgan fingerprint density at radius 2 is 1.92 bits per heavy atom. The fourth-order valence-corrected chi connectivity index (χ4v) is 3.12. The van der Waals surface area contributed by atoms with Gasteiger partial charge in [-0.05, 0) is 48.2 Å². The van der Waals surface area contributed by atoms with Gasteiger partial charge in [0.05, 0.1) is 12.0 Å². The number of aryl methyl sites for hydroxylation is 1. The van der Waals surface area contributed by atoms with E-state index in [0.717, 1.165) is 5.56 Å². The van der Waals surface area contributed by atoms with Gasteiger partial charge in [-0.25, -0.2) is 4.39 Å². The summed E-state index contributed by atoms with van der Waals surface area (Å²) in [5, 5.41) is 4.56. The lowest BCUT2D eigenvalue weighted by Gasteiger charge is -2.09. The fraction of sp³-hybridized carbons (Fsp3) is 0.150. The Morgan fingerprint density at radius 1 is 1.15 bits per heavy atom. The zero-order valence-corrected chi connectivity index (χ0v) is 15.2. The molecule has 0 aliphatic carbocycles. The Hall–Kier alpha value is -2.86. The van der Waals surface area contributed by atoms with Crippen LogP contribution >= 0.6 is 11.3 Å². The Balaban J connectivity index is 1.63. The number of amides is 1. The first-order valence-electron chi connectivity index (χ1n) is 7.97. The standard InChI is InChI=1S/C20H18FNO3S/c1-13-7-8-15(10-16(13)21)22-20(23)19-9-14(12-26-19)11-25-18-6-4-3-5-17(18)24-2/h3-10,12H,11H2,1-2H3,(H,22,23). The predicted molar refractivity (Wildman–Crippen MR) is 101 cm³/mol. The number of thiophene rings is 1. The molecule has 1 amide bonds. The molecule has 1 heterocycles. The lowest BCUT2D eigenvalue weighted by Crippen LogP contribution is -2.10. The molecular weight excluding hydrogens is 353 g/mol. The number of para-hydroxylation sites is 2. The van der Waals surface area contributed by atoms with Crippen LogP contribution in [0.15, 0.2) is 53.9 Å². The molecule has 0 atom stereocenters. The number of rotatable bonds is 6. The highest BCUT2D eigenvalue weighted by atomic mass is 32.1. The first-order chi connectivity index (χ1) is 12.6. The SMILES string of the molecule is COc1ccccc1OCc1csc(C(=O)Nc2ccc(C)c(F)c2)c1. The number of ether oxygens (including phenoxy) is 2. The number of benzene rings is 2. The van der Waals surface area contributed by atoms with Crippen molar-refractivity contribution in [3.8, 4) is 11.5 Å². The molecule has 134 valence electrons. The van der Waals surface area contributed by atoms with Gasteiger partial charge in [0.1, 0.15) is 12.4 Å². The molecule has 0 radical (unpaired) electrons. The molecular formula is C20H18FNO3S. The van der Waals surface area contributed by atoms with Crippen LogP contribution in [0, 0.1) is 12.7 Å². The van der Waals surface area contributed by atoms with Crippen LogP contribution in [0.4, 0.5) is 10.1 Å². The number of nitrogens with one attached hydrogen (secondary N) is 1. The van der Waals surface area contributed by atoms with Gasteiger partial charge in [-0.2, -0.15) is 0 Å². The van der Waals surface area contributed by atoms with Crippen LogP contribution in [-0.2, 0) is 6.61 Å². The van der Waals surface area contributed by atoms with Gasteiger partial charge in [-0.15, -0.1) is 11.3 Å². The van der Waals surface area contributed by atoms with Gasteiger partial charge in [-0.1, -0.05) is 18.2 Å². The topological polar surface area (TPSA) is 47.6 Å². The van der Waals surface area contributed by atoms with Gasteiger partial charge in [-0.3, -0.25) is 4.79 Å². The molecule has 0 aliphatic heterocycles. The van der Waals surface area contributed by atoms with Gasteiger partial charge >= 0.3 is 0 Å². The largest absolute Gasteiger partial charge is 0.493 e. The summed E-state index contributed by atoms with van der Waals surface area (Å²) in [5.41, 5.74) is 1.84. The second-order valence-electron chi connectivity index (χ2n) is 5.68. The summed E-state index contributed by atoms with van der Waals surface area (Å²) in [5.74, 6) is 0.672. The maximum absolute atomic E-state index is 13.6. The summed E-state index contributed by atoms with van der Waals surface area (Å²) < 4.78 is 24.6. The van der Waals surface area contributed by atoms with Gasteiger partial charge < -0.3 is 14.8 Å². The highest BCUT2D eigenvalue weighted by Gasteiger charge is 2.11. The number of hydrogen-bond donors (Lipinski definition) is 1. The zero-order chi connectivity index (χ0) is 18.5. The molecule has 0 bridgehead atoms. The summed E-state index contributed by atoms with van der Waals surface area (Å²) in [6, 6.07) is 13.8. The number of carbonyl (C=O) groups excluding carboxylic acids is 1.